The average molecular weight is 345 g/mol. The van der Waals surface area contributed by atoms with Crippen LogP contribution in [-0.4, -0.2) is 29.2 Å². The molecule has 1 aromatic carbocycles. The van der Waals surface area contributed by atoms with Crippen molar-refractivity contribution in [2.75, 3.05) is 12.4 Å². The highest BCUT2D eigenvalue weighted by molar-refractivity contribution is 7.80. The van der Waals surface area contributed by atoms with Gasteiger partial charge in [0.1, 0.15) is 0 Å². The van der Waals surface area contributed by atoms with Crippen LogP contribution in [0.25, 0.3) is 0 Å². The van der Waals surface area contributed by atoms with Gasteiger partial charge in [0.2, 0.25) is 5.91 Å². The number of thiocarbonyl (C=S) groups is 1. The van der Waals surface area contributed by atoms with Crippen LogP contribution in [0.4, 0.5) is 5.69 Å². The fourth-order valence-electron chi connectivity index (χ4n) is 1.46. The zero-order chi connectivity index (χ0) is 17.1. The molecule has 0 unspecified atom stereocenters. The highest BCUT2D eigenvalue weighted by Gasteiger charge is 2.22. The molecular formula is C14H17ClN2O4S. The molecule has 1 aromatic rings. The molecular weight excluding hydrogens is 328 g/mol. The van der Waals surface area contributed by atoms with Gasteiger partial charge in [0.05, 0.1) is 23.4 Å². The van der Waals surface area contributed by atoms with Gasteiger partial charge in [0.25, 0.3) is 0 Å². The lowest BCUT2D eigenvalue weighted by Crippen LogP contribution is -2.41. The number of carboxylic acids is 1. The number of anilines is 1. The molecule has 0 heterocycles. The number of methoxy groups -OCH3 is 1. The Morgan fingerprint density at radius 1 is 1.32 bits per heavy atom. The number of amides is 1. The Hall–Kier alpha value is -1.86. The molecule has 6 nitrogen and oxygen atoms in total. The lowest BCUT2D eigenvalue weighted by molar-refractivity contribution is -0.126. The fourth-order valence-corrected chi connectivity index (χ4v) is 1.96. The molecule has 8 heteroatoms. The van der Waals surface area contributed by atoms with Crippen LogP contribution in [-0.2, 0) is 4.79 Å². The van der Waals surface area contributed by atoms with E-state index in [2.05, 4.69) is 10.6 Å². The van der Waals surface area contributed by atoms with E-state index >= 15 is 0 Å². The molecule has 120 valence electrons. The van der Waals surface area contributed by atoms with Crippen molar-refractivity contribution < 1.29 is 19.4 Å². The molecule has 0 saturated heterocycles. The van der Waals surface area contributed by atoms with Crippen LogP contribution in [0.3, 0.4) is 0 Å². The monoisotopic (exact) mass is 344 g/mol. The molecule has 0 fully saturated rings. The number of carbonyl (C=O) groups excluding carboxylic acids is 1. The van der Waals surface area contributed by atoms with Gasteiger partial charge < -0.3 is 20.5 Å². The smallest absolute Gasteiger partial charge is 0.335 e. The van der Waals surface area contributed by atoms with Crippen molar-refractivity contribution in [3.05, 3.63) is 22.7 Å². The molecule has 0 radical (unpaired) electrons. The van der Waals surface area contributed by atoms with Crippen LogP contribution in [0.2, 0.25) is 5.02 Å². The van der Waals surface area contributed by atoms with Crippen LogP contribution >= 0.6 is 23.8 Å². The summed E-state index contributed by atoms with van der Waals surface area (Å²) in [5, 5.41) is 14.4. The maximum atomic E-state index is 11.9. The lowest BCUT2D eigenvalue weighted by Gasteiger charge is -2.19. The van der Waals surface area contributed by atoms with E-state index in [1.54, 1.807) is 20.8 Å². The molecule has 3 N–H and O–H groups in total. The minimum Gasteiger partial charge on any atom is -0.493 e. The molecule has 0 bridgehead atoms. The summed E-state index contributed by atoms with van der Waals surface area (Å²) in [4.78, 5) is 22.9. The van der Waals surface area contributed by atoms with Crippen LogP contribution in [0.15, 0.2) is 12.1 Å². The number of carboxylic acid groups (broad SMARTS) is 1. The number of carbonyl (C=O) groups is 2. The first kappa shape index (κ1) is 18.2. The zero-order valence-electron chi connectivity index (χ0n) is 12.6. The normalized spacial score (nSPS) is 10.8. The topological polar surface area (TPSA) is 87.7 Å². The van der Waals surface area contributed by atoms with E-state index in [9.17, 15) is 9.59 Å². The number of hydrogen-bond acceptors (Lipinski definition) is 4. The van der Waals surface area contributed by atoms with Crippen LogP contribution < -0.4 is 15.4 Å². The molecule has 22 heavy (non-hydrogen) atoms. The summed E-state index contributed by atoms with van der Waals surface area (Å²) in [5.74, 6) is -1.18. The Morgan fingerprint density at radius 3 is 2.36 bits per heavy atom. The second kappa shape index (κ2) is 6.93. The Labute approximate surface area is 138 Å². The van der Waals surface area contributed by atoms with Gasteiger partial charge in [-0.3, -0.25) is 4.79 Å². The highest BCUT2D eigenvalue weighted by atomic mass is 35.5. The van der Waals surface area contributed by atoms with Crippen LogP contribution in [0.1, 0.15) is 31.1 Å². The number of halogens is 1. The summed E-state index contributed by atoms with van der Waals surface area (Å²) in [6, 6.07) is 2.59. The molecule has 1 amide bonds. The highest BCUT2D eigenvalue weighted by Crippen LogP contribution is 2.34. The molecule has 0 atom stereocenters. The van der Waals surface area contributed by atoms with E-state index in [4.69, 9.17) is 33.7 Å². The quantitative estimate of drug-likeness (QED) is 0.731. The summed E-state index contributed by atoms with van der Waals surface area (Å²) in [6.45, 7) is 5.23. The van der Waals surface area contributed by atoms with E-state index in [0.29, 0.717) is 0 Å². The van der Waals surface area contributed by atoms with Crippen molar-refractivity contribution in [1.82, 2.24) is 5.32 Å². The largest absolute Gasteiger partial charge is 0.493 e. The van der Waals surface area contributed by atoms with E-state index in [-0.39, 0.29) is 33.0 Å². The minimum absolute atomic E-state index is 0.0248. The SMILES string of the molecule is COc1c(Cl)cc(C(=O)O)cc1NC(=S)NC(=O)C(C)(C)C. The van der Waals surface area contributed by atoms with Gasteiger partial charge in [0, 0.05) is 5.41 Å². The molecule has 0 aliphatic carbocycles. The van der Waals surface area contributed by atoms with Gasteiger partial charge in [-0.15, -0.1) is 0 Å². The van der Waals surface area contributed by atoms with Gasteiger partial charge in [-0.05, 0) is 24.4 Å². The van der Waals surface area contributed by atoms with Crippen LogP contribution in [0, 0.1) is 5.41 Å². The third-order valence-corrected chi connectivity index (χ3v) is 3.14. The van der Waals surface area contributed by atoms with Crippen LogP contribution in [0.5, 0.6) is 5.75 Å². The average Bonchev–Trinajstić information content (AvgIpc) is 2.36. The third kappa shape index (κ3) is 4.57. The zero-order valence-corrected chi connectivity index (χ0v) is 14.2. The molecule has 0 aromatic heterocycles. The third-order valence-electron chi connectivity index (χ3n) is 2.65. The summed E-state index contributed by atoms with van der Waals surface area (Å²) >= 11 is 11.0. The number of rotatable bonds is 3. The van der Waals surface area contributed by atoms with Crippen molar-refractivity contribution in [1.29, 1.82) is 0 Å². The van der Waals surface area contributed by atoms with Gasteiger partial charge in [-0.2, -0.15) is 0 Å². The van der Waals surface area contributed by atoms with Gasteiger partial charge in [0.15, 0.2) is 10.9 Å². The van der Waals surface area contributed by atoms with Crippen molar-refractivity contribution >= 4 is 46.5 Å². The molecule has 0 aliphatic rings. The standard InChI is InChI=1S/C14H17ClN2O4S/c1-14(2,3)12(20)17-13(22)16-9-6-7(11(18)19)5-8(15)10(9)21-4/h5-6H,1-4H3,(H,18,19)(H2,16,17,20,22). The number of hydrogen-bond donors (Lipinski definition) is 3. The predicted octanol–water partition coefficient (Wildman–Crippen LogP) is 2.91. The molecule has 1 rings (SSSR count). The van der Waals surface area contributed by atoms with E-state index in [1.807, 2.05) is 0 Å². The minimum atomic E-state index is -1.14. The van der Waals surface area contributed by atoms with Gasteiger partial charge >= 0.3 is 5.97 Å². The molecule has 0 spiro atoms. The number of ether oxygens (including phenoxy) is 1. The van der Waals surface area contributed by atoms with Gasteiger partial charge in [-0.1, -0.05) is 32.4 Å². The van der Waals surface area contributed by atoms with E-state index in [1.165, 1.54) is 19.2 Å². The maximum absolute atomic E-state index is 11.9. The second-order valence-electron chi connectivity index (χ2n) is 5.50. The summed E-state index contributed by atoms with van der Waals surface area (Å²) in [7, 11) is 1.39. The Kier molecular flexibility index (Phi) is 5.73. The van der Waals surface area contributed by atoms with Gasteiger partial charge in [-0.25, -0.2) is 4.79 Å². The van der Waals surface area contributed by atoms with Crippen molar-refractivity contribution in [3.63, 3.8) is 0 Å². The Bertz CT molecular complexity index is 626. The predicted molar refractivity (Wildman–Crippen MR) is 88.8 cm³/mol. The summed E-state index contributed by atoms with van der Waals surface area (Å²) < 4.78 is 5.12. The van der Waals surface area contributed by atoms with E-state index < -0.39 is 11.4 Å². The number of benzene rings is 1. The summed E-state index contributed by atoms with van der Waals surface area (Å²) in [6.07, 6.45) is 0. The van der Waals surface area contributed by atoms with E-state index in [0.717, 1.165) is 0 Å². The first-order chi connectivity index (χ1) is 10.1. The number of aromatic carboxylic acids is 1. The summed E-state index contributed by atoms with van der Waals surface area (Å²) in [5.41, 5.74) is -0.388. The lowest BCUT2D eigenvalue weighted by atomic mass is 9.96. The first-order valence-corrected chi connectivity index (χ1v) is 7.08. The number of nitrogens with one attached hydrogen (secondary N) is 2. The Balaban J connectivity index is 3.04. The first-order valence-electron chi connectivity index (χ1n) is 6.29. The van der Waals surface area contributed by atoms with Crippen molar-refractivity contribution in [3.8, 4) is 5.75 Å². The Morgan fingerprint density at radius 2 is 1.91 bits per heavy atom. The molecule has 0 saturated carbocycles. The van der Waals surface area contributed by atoms with Crippen molar-refractivity contribution in [2.24, 2.45) is 5.41 Å². The molecule has 0 aliphatic heterocycles. The fraction of sp³-hybridized carbons (Fsp3) is 0.357. The van der Waals surface area contributed by atoms with Crippen molar-refractivity contribution in [2.45, 2.75) is 20.8 Å². The second-order valence-corrected chi connectivity index (χ2v) is 6.32. The maximum Gasteiger partial charge on any atom is 0.335 e.